The molecule has 17 heavy (non-hydrogen) atoms. The van der Waals surface area contributed by atoms with Gasteiger partial charge in [0.25, 0.3) is 0 Å². The molecule has 0 unspecified atom stereocenters. The SMILES string of the molecule is O[C@H]1CC2(CCCCC2)Oc2ccc(F)cc21. The Labute approximate surface area is 100 Å². The second kappa shape index (κ2) is 3.98. The third kappa shape index (κ3) is 1.93. The van der Waals surface area contributed by atoms with Gasteiger partial charge < -0.3 is 9.84 Å². The van der Waals surface area contributed by atoms with E-state index in [1.807, 2.05) is 0 Å². The summed E-state index contributed by atoms with van der Waals surface area (Å²) >= 11 is 0. The Hall–Kier alpha value is -1.09. The molecule has 92 valence electrons. The van der Waals surface area contributed by atoms with Crippen LogP contribution in [0.5, 0.6) is 5.75 Å². The summed E-state index contributed by atoms with van der Waals surface area (Å²) < 4.78 is 19.2. The molecule has 1 aromatic carbocycles. The summed E-state index contributed by atoms with van der Waals surface area (Å²) in [6.07, 6.45) is 5.57. The molecular weight excluding hydrogens is 219 g/mol. The van der Waals surface area contributed by atoms with E-state index in [1.165, 1.54) is 18.6 Å². The Morgan fingerprint density at radius 3 is 2.76 bits per heavy atom. The Morgan fingerprint density at radius 1 is 1.24 bits per heavy atom. The molecule has 1 N–H and O–H groups in total. The molecule has 1 spiro atoms. The molecule has 2 aliphatic rings. The van der Waals surface area contributed by atoms with Crippen molar-refractivity contribution in [1.82, 2.24) is 0 Å². The lowest BCUT2D eigenvalue weighted by Crippen LogP contribution is -2.42. The fourth-order valence-electron chi connectivity index (χ4n) is 3.11. The van der Waals surface area contributed by atoms with Gasteiger partial charge in [0.15, 0.2) is 0 Å². The maximum absolute atomic E-state index is 13.1. The van der Waals surface area contributed by atoms with Gasteiger partial charge in [-0.15, -0.1) is 0 Å². The highest BCUT2D eigenvalue weighted by Gasteiger charge is 2.41. The number of benzene rings is 1. The molecule has 0 saturated heterocycles. The average Bonchev–Trinajstić information content (AvgIpc) is 2.31. The molecule has 1 fully saturated rings. The van der Waals surface area contributed by atoms with E-state index in [4.69, 9.17) is 4.74 Å². The van der Waals surface area contributed by atoms with Gasteiger partial charge in [-0.2, -0.15) is 0 Å². The molecule has 0 bridgehead atoms. The molecule has 1 aliphatic heterocycles. The van der Waals surface area contributed by atoms with Gasteiger partial charge in [-0.1, -0.05) is 6.42 Å². The topological polar surface area (TPSA) is 29.5 Å². The molecular formula is C14H17FO2. The molecule has 3 rings (SSSR count). The summed E-state index contributed by atoms with van der Waals surface area (Å²) in [5, 5.41) is 10.2. The summed E-state index contributed by atoms with van der Waals surface area (Å²) in [5.74, 6) is 0.345. The molecule has 1 atom stereocenters. The van der Waals surface area contributed by atoms with Gasteiger partial charge in [-0.3, -0.25) is 0 Å². The summed E-state index contributed by atoms with van der Waals surface area (Å²) in [7, 11) is 0. The van der Waals surface area contributed by atoms with Crippen LogP contribution in [0.15, 0.2) is 18.2 Å². The quantitative estimate of drug-likeness (QED) is 0.748. The van der Waals surface area contributed by atoms with Crippen LogP contribution in [-0.2, 0) is 0 Å². The van der Waals surface area contributed by atoms with E-state index in [-0.39, 0.29) is 11.4 Å². The third-order valence-corrected chi connectivity index (χ3v) is 3.99. The van der Waals surface area contributed by atoms with E-state index < -0.39 is 6.10 Å². The highest BCUT2D eigenvalue weighted by molar-refractivity contribution is 5.38. The van der Waals surface area contributed by atoms with Crippen LogP contribution in [0, 0.1) is 5.82 Å². The lowest BCUT2D eigenvalue weighted by Gasteiger charge is -2.43. The summed E-state index contributed by atoms with van der Waals surface area (Å²) in [4.78, 5) is 0. The van der Waals surface area contributed by atoms with E-state index in [0.717, 1.165) is 25.7 Å². The normalized spacial score (nSPS) is 26.4. The largest absolute Gasteiger partial charge is 0.487 e. The highest BCUT2D eigenvalue weighted by atomic mass is 19.1. The Kier molecular flexibility index (Phi) is 2.58. The molecule has 1 saturated carbocycles. The third-order valence-electron chi connectivity index (χ3n) is 3.99. The molecule has 1 aromatic rings. The zero-order valence-electron chi connectivity index (χ0n) is 9.79. The number of hydrogen-bond donors (Lipinski definition) is 1. The van der Waals surface area contributed by atoms with Crippen LogP contribution < -0.4 is 4.74 Å². The summed E-state index contributed by atoms with van der Waals surface area (Å²) in [6.45, 7) is 0. The second-order valence-corrected chi connectivity index (χ2v) is 5.25. The Balaban J connectivity index is 1.94. The lowest BCUT2D eigenvalue weighted by atomic mass is 9.78. The van der Waals surface area contributed by atoms with Crippen LogP contribution >= 0.6 is 0 Å². The van der Waals surface area contributed by atoms with Crippen molar-refractivity contribution in [2.45, 2.75) is 50.2 Å². The van der Waals surface area contributed by atoms with E-state index in [0.29, 0.717) is 17.7 Å². The smallest absolute Gasteiger partial charge is 0.126 e. The second-order valence-electron chi connectivity index (χ2n) is 5.25. The highest BCUT2D eigenvalue weighted by Crippen LogP contribution is 2.46. The van der Waals surface area contributed by atoms with Crippen molar-refractivity contribution >= 4 is 0 Å². The molecule has 3 heteroatoms. The first-order valence-electron chi connectivity index (χ1n) is 6.35. The predicted molar refractivity (Wildman–Crippen MR) is 62.4 cm³/mol. The lowest BCUT2D eigenvalue weighted by molar-refractivity contribution is -0.0383. The van der Waals surface area contributed by atoms with Gasteiger partial charge in [0, 0.05) is 12.0 Å². The number of halogens is 1. The summed E-state index contributed by atoms with van der Waals surface area (Å²) in [5.41, 5.74) is 0.392. The molecule has 0 aromatic heterocycles. The van der Waals surface area contributed by atoms with Crippen LogP contribution in [0.1, 0.15) is 50.2 Å². The van der Waals surface area contributed by atoms with E-state index >= 15 is 0 Å². The van der Waals surface area contributed by atoms with Crippen LogP contribution in [0.4, 0.5) is 4.39 Å². The van der Waals surface area contributed by atoms with Crippen molar-refractivity contribution < 1.29 is 14.2 Å². The maximum Gasteiger partial charge on any atom is 0.126 e. The summed E-state index contributed by atoms with van der Waals surface area (Å²) in [6, 6.07) is 4.42. The van der Waals surface area contributed by atoms with Gasteiger partial charge in [-0.05, 0) is 43.9 Å². The first kappa shape index (κ1) is 11.0. The fourth-order valence-corrected chi connectivity index (χ4v) is 3.11. The van der Waals surface area contributed by atoms with Crippen molar-refractivity contribution in [3.8, 4) is 5.75 Å². The van der Waals surface area contributed by atoms with Gasteiger partial charge in [0.2, 0.25) is 0 Å². The first-order valence-corrected chi connectivity index (χ1v) is 6.35. The number of aliphatic hydroxyl groups is 1. The van der Waals surface area contributed by atoms with Gasteiger partial charge in [0.1, 0.15) is 17.2 Å². The Morgan fingerprint density at radius 2 is 2.00 bits per heavy atom. The minimum atomic E-state index is -0.590. The van der Waals surface area contributed by atoms with Crippen molar-refractivity contribution in [3.63, 3.8) is 0 Å². The molecule has 1 heterocycles. The molecule has 1 aliphatic carbocycles. The minimum Gasteiger partial charge on any atom is -0.487 e. The van der Waals surface area contributed by atoms with Gasteiger partial charge >= 0.3 is 0 Å². The van der Waals surface area contributed by atoms with Crippen molar-refractivity contribution in [2.24, 2.45) is 0 Å². The standard InChI is InChI=1S/C14H17FO2/c15-10-4-5-13-11(8-10)12(16)9-14(17-13)6-2-1-3-7-14/h4-5,8,12,16H,1-3,6-7,9H2/t12-/m0/s1. The fraction of sp³-hybridized carbons (Fsp3) is 0.571. The van der Waals surface area contributed by atoms with Crippen molar-refractivity contribution in [1.29, 1.82) is 0 Å². The van der Waals surface area contributed by atoms with Crippen LogP contribution in [0.25, 0.3) is 0 Å². The maximum atomic E-state index is 13.1. The van der Waals surface area contributed by atoms with Crippen molar-refractivity contribution in [3.05, 3.63) is 29.6 Å². The van der Waals surface area contributed by atoms with E-state index in [2.05, 4.69) is 0 Å². The molecule has 2 nitrogen and oxygen atoms in total. The number of ether oxygens (including phenoxy) is 1. The van der Waals surface area contributed by atoms with E-state index in [1.54, 1.807) is 6.07 Å². The zero-order chi connectivity index (χ0) is 11.9. The predicted octanol–water partition coefficient (Wildman–Crippen LogP) is 3.34. The van der Waals surface area contributed by atoms with E-state index in [9.17, 15) is 9.50 Å². The monoisotopic (exact) mass is 236 g/mol. The van der Waals surface area contributed by atoms with Gasteiger partial charge in [0.05, 0.1) is 6.10 Å². The molecule has 0 radical (unpaired) electrons. The number of aliphatic hydroxyl groups excluding tert-OH is 1. The zero-order valence-corrected chi connectivity index (χ0v) is 9.79. The average molecular weight is 236 g/mol. The van der Waals surface area contributed by atoms with Crippen LogP contribution in [0.2, 0.25) is 0 Å². The van der Waals surface area contributed by atoms with Crippen molar-refractivity contribution in [2.75, 3.05) is 0 Å². The number of fused-ring (bicyclic) bond motifs is 1. The number of rotatable bonds is 0. The minimum absolute atomic E-state index is 0.206. The Bertz CT molecular complexity index is 424. The molecule has 0 amide bonds. The van der Waals surface area contributed by atoms with Gasteiger partial charge in [-0.25, -0.2) is 4.39 Å². The first-order chi connectivity index (χ1) is 8.19. The number of hydrogen-bond acceptors (Lipinski definition) is 2. The van der Waals surface area contributed by atoms with Crippen LogP contribution in [0.3, 0.4) is 0 Å². The van der Waals surface area contributed by atoms with Crippen LogP contribution in [-0.4, -0.2) is 10.7 Å².